The van der Waals surface area contributed by atoms with Gasteiger partial charge in [0.05, 0.1) is 22.9 Å². The zero-order chi connectivity index (χ0) is 32.7. The quantitative estimate of drug-likeness (QED) is 0.386. The van der Waals surface area contributed by atoms with Crippen molar-refractivity contribution in [2.75, 3.05) is 17.3 Å². The molecular weight excluding hydrogens is 605 g/mol. The summed E-state index contributed by atoms with van der Waals surface area (Å²) in [4.78, 5) is 27.6. The van der Waals surface area contributed by atoms with Gasteiger partial charge in [0.25, 0.3) is 5.91 Å². The second kappa shape index (κ2) is 11.7. The van der Waals surface area contributed by atoms with Crippen molar-refractivity contribution in [1.29, 1.82) is 0 Å². The maximum Gasteiger partial charge on any atom is 0.422 e. The molecule has 0 spiro atoms. The van der Waals surface area contributed by atoms with Gasteiger partial charge in [0, 0.05) is 11.0 Å². The van der Waals surface area contributed by atoms with Crippen LogP contribution in [0.1, 0.15) is 53.0 Å². The third-order valence-electron chi connectivity index (χ3n) is 6.21. The number of aromatic nitrogens is 2. The van der Waals surface area contributed by atoms with Crippen LogP contribution in [0.25, 0.3) is 11.5 Å². The van der Waals surface area contributed by atoms with Gasteiger partial charge < -0.3 is 24.1 Å². The number of hydrogen-bond acceptors (Lipinski definition) is 9. The summed E-state index contributed by atoms with van der Waals surface area (Å²) in [5.41, 5.74) is -0.598. The van der Waals surface area contributed by atoms with Crippen LogP contribution in [0, 0.1) is 0 Å². The van der Waals surface area contributed by atoms with Crippen LogP contribution in [0.5, 0.6) is 5.75 Å². The lowest BCUT2D eigenvalue weighted by atomic mass is 9.97. The fraction of sp³-hybridized carbons (Fsp3) is 0.448. The molecule has 2 aromatic carbocycles. The largest absolute Gasteiger partial charge is 0.484 e. The molecule has 1 atom stereocenters. The van der Waals surface area contributed by atoms with Gasteiger partial charge >= 0.3 is 12.3 Å². The number of fused-ring (bicyclic) bond motifs is 1. The van der Waals surface area contributed by atoms with E-state index in [1.165, 1.54) is 47.4 Å². The van der Waals surface area contributed by atoms with Gasteiger partial charge in [0.15, 0.2) is 16.4 Å². The molecule has 1 aliphatic heterocycles. The Balaban J connectivity index is 1.76. The van der Waals surface area contributed by atoms with E-state index in [4.69, 9.17) is 13.9 Å². The molecule has 2 heterocycles. The number of anilines is 1. The summed E-state index contributed by atoms with van der Waals surface area (Å²) in [6.07, 6.45) is -5.50. The molecule has 0 saturated carbocycles. The number of hydrogen-bond donors (Lipinski definition) is 1. The molecule has 1 N–H and O–H groups in total. The Morgan fingerprint density at radius 2 is 1.70 bits per heavy atom. The van der Waals surface area contributed by atoms with E-state index >= 15 is 0 Å². The van der Waals surface area contributed by atoms with Gasteiger partial charge in [0.2, 0.25) is 11.8 Å². The molecule has 1 aromatic heterocycles. The zero-order valence-corrected chi connectivity index (χ0v) is 25.8. The van der Waals surface area contributed by atoms with Gasteiger partial charge in [-0.25, -0.2) is 13.2 Å². The SMILES string of the molecule is CC(C)(C)OC(=O)N[C@H]1CS(=O)(=O)c2ccc(-c3nnc(C(C)(C)C)o3)cc2N(Cc2ccc(OCC(F)(F)F)cc2)C1=O. The average molecular weight is 639 g/mol. The highest BCUT2D eigenvalue weighted by atomic mass is 32.2. The van der Waals surface area contributed by atoms with Crippen LogP contribution in [-0.2, 0) is 31.3 Å². The lowest BCUT2D eigenvalue weighted by Crippen LogP contribution is -2.51. The van der Waals surface area contributed by atoms with Gasteiger partial charge in [0.1, 0.15) is 17.4 Å². The smallest absolute Gasteiger partial charge is 0.422 e. The van der Waals surface area contributed by atoms with Crippen LogP contribution < -0.4 is 15.0 Å². The number of benzene rings is 2. The average Bonchev–Trinajstić information content (AvgIpc) is 3.37. The Labute approximate surface area is 252 Å². The number of carbonyl (C=O) groups is 2. The van der Waals surface area contributed by atoms with Crippen LogP contribution >= 0.6 is 0 Å². The first-order chi connectivity index (χ1) is 20.2. The van der Waals surface area contributed by atoms with E-state index in [1.54, 1.807) is 20.8 Å². The second-order valence-electron chi connectivity index (χ2n) is 12.3. The molecule has 0 fully saturated rings. The highest BCUT2D eigenvalue weighted by Crippen LogP contribution is 2.36. The van der Waals surface area contributed by atoms with Gasteiger partial charge in [-0.05, 0) is 56.7 Å². The van der Waals surface area contributed by atoms with Gasteiger partial charge in [-0.1, -0.05) is 32.9 Å². The maximum absolute atomic E-state index is 14.0. The van der Waals surface area contributed by atoms with Gasteiger partial charge in [-0.15, -0.1) is 10.2 Å². The molecule has 2 amide bonds. The monoisotopic (exact) mass is 638 g/mol. The molecule has 3 aromatic rings. The Bertz CT molecular complexity index is 1640. The number of alkyl carbamates (subject to hydrolysis) is 1. The lowest BCUT2D eigenvalue weighted by Gasteiger charge is -2.27. The Morgan fingerprint density at radius 1 is 1.05 bits per heavy atom. The van der Waals surface area contributed by atoms with Crippen molar-refractivity contribution in [3.05, 3.63) is 53.9 Å². The molecule has 11 nitrogen and oxygen atoms in total. The molecule has 0 saturated heterocycles. The number of ether oxygens (including phenoxy) is 2. The van der Waals surface area contributed by atoms with Crippen LogP contribution in [0.3, 0.4) is 0 Å². The van der Waals surface area contributed by atoms with Crippen molar-refractivity contribution in [1.82, 2.24) is 15.5 Å². The van der Waals surface area contributed by atoms with E-state index in [1.807, 2.05) is 20.8 Å². The highest BCUT2D eigenvalue weighted by molar-refractivity contribution is 7.91. The number of amides is 2. The summed E-state index contributed by atoms with van der Waals surface area (Å²) in [6.45, 7) is 8.82. The molecule has 0 unspecified atom stereocenters. The zero-order valence-electron chi connectivity index (χ0n) is 25.0. The topological polar surface area (TPSA) is 141 Å². The van der Waals surface area contributed by atoms with Crippen molar-refractivity contribution in [2.24, 2.45) is 0 Å². The molecule has 238 valence electrons. The first kappa shape index (κ1) is 32.8. The van der Waals surface area contributed by atoms with Crippen LogP contribution in [-0.4, -0.2) is 60.8 Å². The predicted octanol–water partition coefficient (Wildman–Crippen LogP) is 5.19. The number of nitrogens with zero attached hydrogens (tertiary/aromatic N) is 3. The van der Waals surface area contributed by atoms with Crippen LogP contribution in [0.4, 0.5) is 23.7 Å². The molecule has 1 aliphatic rings. The summed E-state index contributed by atoms with van der Waals surface area (Å²) >= 11 is 0. The molecule has 0 radical (unpaired) electrons. The van der Waals surface area contributed by atoms with Crippen molar-refractivity contribution in [2.45, 2.75) is 76.2 Å². The Hall–Kier alpha value is -4.14. The molecule has 0 aliphatic carbocycles. The molecular formula is C29H33F3N4O7S. The first-order valence-corrected chi connectivity index (χ1v) is 15.2. The minimum atomic E-state index is -4.52. The van der Waals surface area contributed by atoms with Crippen LogP contribution in [0.2, 0.25) is 0 Å². The van der Waals surface area contributed by atoms with Crippen molar-refractivity contribution >= 4 is 27.5 Å². The number of sulfone groups is 1. The fourth-order valence-corrected chi connectivity index (χ4v) is 5.82. The number of nitrogens with one attached hydrogen (secondary N) is 1. The number of carbonyl (C=O) groups excluding carboxylic acids is 2. The van der Waals surface area contributed by atoms with E-state index in [-0.39, 0.29) is 28.8 Å². The summed E-state index contributed by atoms with van der Waals surface area (Å²) in [7, 11) is -4.15. The molecule has 4 rings (SSSR count). The minimum Gasteiger partial charge on any atom is -0.484 e. The Kier molecular flexibility index (Phi) is 8.75. The summed E-state index contributed by atoms with van der Waals surface area (Å²) in [5, 5.41) is 10.5. The van der Waals surface area contributed by atoms with E-state index < -0.39 is 57.4 Å². The molecule has 15 heteroatoms. The minimum absolute atomic E-state index is 0.00565. The summed E-state index contributed by atoms with van der Waals surface area (Å²) in [6, 6.07) is 8.23. The van der Waals surface area contributed by atoms with Gasteiger partial charge in [-0.2, -0.15) is 13.2 Å². The molecule has 0 bridgehead atoms. The number of alkyl halides is 3. The standard InChI is InChI=1S/C29H33F3N4O7S/c1-27(2,3)25-35-34-23(42-25)18-9-12-22-21(13-18)36(14-17-7-10-19(11-8-17)41-16-29(30,31)32)24(37)20(15-44(22,39)40)33-26(38)43-28(4,5)6/h7-13,20H,14-16H2,1-6H3,(H,33,38)/t20-/m0/s1. The van der Waals surface area contributed by atoms with Crippen LogP contribution in [0.15, 0.2) is 51.8 Å². The van der Waals surface area contributed by atoms with E-state index in [9.17, 15) is 31.2 Å². The van der Waals surface area contributed by atoms with Crippen molar-refractivity contribution < 1.29 is 45.1 Å². The second-order valence-corrected chi connectivity index (χ2v) is 14.3. The third-order valence-corrected chi connectivity index (χ3v) is 7.99. The number of halogens is 3. The summed E-state index contributed by atoms with van der Waals surface area (Å²) in [5.74, 6) is -1.10. The normalized spacial score (nSPS) is 17.1. The molecule has 44 heavy (non-hydrogen) atoms. The van der Waals surface area contributed by atoms with Crippen molar-refractivity contribution in [3.8, 4) is 17.2 Å². The fourth-order valence-electron chi connectivity index (χ4n) is 4.21. The van der Waals surface area contributed by atoms with Gasteiger partial charge in [-0.3, -0.25) is 4.79 Å². The summed E-state index contributed by atoms with van der Waals surface area (Å²) < 4.78 is 80.7. The first-order valence-electron chi connectivity index (χ1n) is 13.5. The highest BCUT2D eigenvalue weighted by Gasteiger charge is 2.40. The maximum atomic E-state index is 14.0. The van der Waals surface area contributed by atoms with Crippen molar-refractivity contribution in [3.63, 3.8) is 0 Å². The lowest BCUT2D eigenvalue weighted by molar-refractivity contribution is -0.153. The van der Waals surface area contributed by atoms with E-state index in [0.29, 0.717) is 17.0 Å². The third kappa shape index (κ3) is 8.07. The number of rotatable bonds is 6. The van der Waals surface area contributed by atoms with E-state index in [2.05, 4.69) is 15.5 Å². The predicted molar refractivity (Wildman–Crippen MR) is 153 cm³/mol. The van der Waals surface area contributed by atoms with E-state index in [0.717, 1.165) is 0 Å². The Morgan fingerprint density at radius 3 is 2.27 bits per heavy atom.